The van der Waals surface area contributed by atoms with Crippen LogP contribution in [0, 0.1) is 5.92 Å². The van der Waals surface area contributed by atoms with Crippen LogP contribution in [0.2, 0.25) is 0 Å². The molecule has 2 N–H and O–H groups in total. The molecule has 1 saturated carbocycles. The third-order valence-electron chi connectivity index (χ3n) is 5.15. The molecule has 3 atom stereocenters. The molecule has 0 aromatic carbocycles. The summed E-state index contributed by atoms with van der Waals surface area (Å²) >= 11 is 0. The number of hydrogen-bond donors (Lipinski definition) is 2. The Bertz CT molecular complexity index is 343. The highest BCUT2D eigenvalue weighted by Gasteiger charge is 2.38. The van der Waals surface area contributed by atoms with Crippen LogP contribution in [0.25, 0.3) is 0 Å². The van der Waals surface area contributed by atoms with Gasteiger partial charge in [0.25, 0.3) is 0 Å². The second kappa shape index (κ2) is 6.44. The van der Waals surface area contributed by atoms with Gasteiger partial charge in [-0.3, -0.25) is 9.69 Å². The average molecular weight is 282 g/mol. The van der Waals surface area contributed by atoms with Gasteiger partial charge in [0.05, 0.1) is 12.6 Å². The molecule has 0 spiro atoms. The highest BCUT2D eigenvalue weighted by molar-refractivity contribution is 5.78. The van der Waals surface area contributed by atoms with Crippen LogP contribution in [0.15, 0.2) is 0 Å². The summed E-state index contributed by atoms with van der Waals surface area (Å²) in [6, 6.07) is 0.406. The van der Waals surface area contributed by atoms with E-state index < -0.39 is 0 Å². The maximum Gasteiger partial charge on any atom is 0.234 e. The fourth-order valence-corrected chi connectivity index (χ4v) is 3.64. The van der Waals surface area contributed by atoms with Gasteiger partial charge in [-0.25, -0.2) is 0 Å². The summed E-state index contributed by atoms with van der Waals surface area (Å²) in [7, 11) is 0. The van der Waals surface area contributed by atoms with E-state index in [9.17, 15) is 9.90 Å². The monoisotopic (exact) mass is 282 g/mol. The van der Waals surface area contributed by atoms with Crippen LogP contribution in [0.1, 0.15) is 59.3 Å². The largest absolute Gasteiger partial charge is 0.393 e. The van der Waals surface area contributed by atoms with Crippen molar-refractivity contribution < 1.29 is 9.90 Å². The molecule has 4 heteroatoms. The standard InChI is InChI=1S/C16H30N2O2/c1-4-16(2,3)17-15(20)11-18-10-6-8-13(18)12-7-5-9-14(12)19/h12-14,19H,4-11H2,1-3H3,(H,17,20). The first kappa shape index (κ1) is 15.8. The SMILES string of the molecule is CCC(C)(C)NC(=O)CN1CCCC1C1CCCC1O. The zero-order chi connectivity index (χ0) is 14.8. The Morgan fingerprint density at radius 2 is 2.05 bits per heavy atom. The second-order valence-electron chi connectivity index (χ2n) is 7.13. The van der Waals surface area contributed by atoms with Gasteiger partial charge < -0.3 is 10.4 Å². The molecular weight excluding hydrogens is 252 g/mol. The number of aliphatic hydroxyl groups is 1. The van der Waals surface area contributed by atoms with E-state index in [0.29, 0.717) is 18.5 Å². The molecular formula is C16H30N2O2. The molecule has 0 aromatic heterocycles. The number of carbonyl (C=O) groups is 1. The fourth-order valence-electron chi connectivity index (χ4n) is 3.64. The number of hydrogen-bond acceptors (Lipinski definition) is 3. The van der Waals surface area contributed by atoms with Crippen LogP contribution in [0.3, 0.4) is 0 Å². The molecule has 3 unspecified atom stereocenters. The van der Waals surface area contributed by atoms with Crippen molar-refractivity contribution in [2.75, 3.05) is 13.1 Å². The molecule has 2 fully saturated rings. The van der Waals surface area contributed by atoms with Crippen LogP contribution in [0.5, 0.6) is 0 Å². The lowest BCUT2D eigenvalue weighted by Crippen LogP contribution is -2.49. The Hall–Kier alpha value is -0.610. The molecule has 0 aromatic rings. The number of rotatable bonds is 5. The van der Waals surface area contributed by atoms with Crippen molar-refractivity contribution in [1.29, 1.82) is 0 Å². The molecule has 20 heavy (non-hydrogen) atoms. The maximum absolute atomic E-state index is 12.2. The average Bonchev–Trinajstić information content (AvgIpc) is 2.97. The van der Waals surface area contributed by atoms with Gasteiger partial charge in [0.1, 0.15) is 0 Å². The molecule has 4 nitrogen and oxygen atoms in total. The van der Waals surface area contributed by atoms with Crippen LogP contribution in [0.4, 0.5) is 0 Å². The van der Waals surface area contributed by atoms with Crippen molar-refractivity contribution in [2.24, 2.45) is 5.92 Å². The van der Waals surface area contributed by atoms with Gasteiger partial charge >= 0.3 is 0 Å². The first-order valence-corrected chi connectivity index (χ1v) is 8.16. The van der Waals surface area contributed by atoms with Crippen molar-refractivity contribution in [3.8, 4) is 0 Å². The molecule has 0 radical (unpaired) electrons. The first-order chi connectivity index (χ1) is 9.43. The number of carbonyl (C=O) groups excluding carboxylic acids is 1. The Morgan fingerprint density at radius 3 is 2.65 bits per heavy atom. The van der Waals surface area contributed by atoms with Crippen molar-refractivity contribution in [2.45, 2.75) is 77.0 Å². The highest BCUT2D eigenvalue weighted by Crippen LogP contribution is 2.35. The van der Waals surface area contributed by atoms with Gasteiger partial charge in [-0.15, -0.1) is 0 Å². The van der Waals surface area contributed by atoms with E-state index in [1.54, 1.807) is 0 Å². The Kier molecular flexibility index (Phi) is 5.08. The molecule has 116 valence electrons. The first-order valence-electron chi connectivity index (χ1n) is 8.16. The third kappa shape index (κ3) is 3.73. The van der Waals surface area contributed by atoms with Crippen molar-refractivity contribution in [1.82, 2.24) is 10.2 Å². The molecule has 1 heterocycles. The summed E-state index contributed by atoms with van der Waals surface area (Å²) in [5.41, 5.74) is -0.126. The zero-order valence-corrected chi connectivity index (χ0v) is 13.2. The van der Waals surface area contributed by atoms with Gasteiger partial charge in [-0.2, -0.15) is 0 Å². The Labute approximate surface area is 122 Å². The lowest BCUT2D eigenvalue weighted by atomic mass is 9.94. The van der Waals surface area contributed by atoms with Crippen molar-refractivity contribution >= 4 is 5.91 Å². The minimum Gasteiger partial charge on any atom is -0.393 e. The lowest BCUT2D eigenvalue weighted by Gasteiger charge is -2.32. The smallest absolute Gasteiger partial charge is 0.234 e. The second-order valence-corrected chi connectivity index (χ2v) is 7.13. The number of likely N-dealkylation sites (tertiary alicyclic amines) is 1. The van der Waals surface area contributed by atoms with E-state index >= 15 is 0 Å². The van der Waals surface area contributed by atoms with E-state index in [2.05, 4.69) is 31.0 Å². The van der Waals surface area contributed by atoms with Gasteiger partial charge in [0.2, 0.25) is 5.91 Å². The fraction of sp³-hybridized carbons (Fsp3) is 0.938. The minimum atomic E-state index is -0.157. The predicted molar refractivity (Wildman–Crippen MR) is 80.5 cm³/mol. The summed E-state index contributed by atoms with van der Waals surface area (Å²) in [4.78, 5) is 14.5. The summed E-state index contributed by atoms with van der Waals surface area (Å²) in [5, 5.41) is 13.2. The van der Waals surface area contributed by atoms with Gasteiger partial charge in [-0.1, -0.05) is 13.3 Å². The lowest BCUT2D eigenvalue weighted by molar-refractivity contribution is -0.124. The van der Waals surface area contributed by atoms with E-state index in [4.69, 9.17) is 0 Å². The molecule has 1 saturated heterocycles. The number of nitrogens with zero attached hydrogens (tertiary/aromatic N) is 1. The van der Waals surface area contributed by atoms with Crippen LogP contribution >= 0.6 is 0 Å². The molecule has 2 rings (SSSR count). The maximum atomic E-state index is 12.2. The molecule has 1 aliphatic carbocycles. The quantitative estimate of drug-likeness (QED) is 0.810. The Balaban J connectivity index is 1.89. The van der Waals surface area contributed by atoms with Gasteiger partial charge in [-0.05, 0) is 52.5 Å². The van der Waals surface area contributed by atoms with E-state index in [-0.39, 0.29) is 17.6 Å². The third-order valence-corrected chi connectivity index (χ3v) is 5.15. The topological polar surface area (TPSA) is 52.6 Å². The molecule has 0 bridgehead atoms. The van der Waals surface area contributed by atoms with Crippen molar-refractivity contribution in [3.05, 3.63) is 0 Å². The zero-order valence-electron chi connectivity index (χ0n) is 13.2. The van der Waals surface area contributed by atoms with Crippen LogP contribution in [-0.2, 0) is 4.79 Å². The minimum absolute atomic E-state index is 0.122. The molecule has 2 aliphatic rings. The predicted octanol–water partition coefficient (Wildman–Crippen LogP) is 1.92. The van der Waals surface area contributed by atoms with E-state index in [1.165, 1.54) is 0 Å². The summed E-state index contributed by atoms with van der Waals surface area (Å²) < 4.78 is 0. The summed E-state index contributed by atoms with van der Waals surface area (Å²) in [6.07, 6.45) is 6.24. The summed E-state index contributed by atoms with van der Waals surface area (Å²) in [5.74, 6) is 0.501. The highest BCUT2D eigenvalue weighted by atomic mass is 16.3. The van der Waals surface area contributed by atoms with Gasteiger partial charge in [0.15, 0.2) is 0 Å². The van der Waals surface area contributed by atoms with Crippen LogP contribution < -0.4 is 5.32 Å². The van der Waals surface area contributed by atoms with E-state index in [1.807, 2.05) is 0 Å². The molecule has 1 aliphatic heterocycles. The van der Waals surface area contributed by atoms with Gasteiger partial charge in [0, 0.05) is 17.5 Å². The van der Waals surface area contributed by atoms with Crippen molar-refractivity contribution in [3.63, 3.8) is 0 Å². The number of nitrogens with one attached hydrogen (secondary N) is 1. The molecule has 1 amide bonds. The normalized spacial score (nSPS) is 31.7. The van der Waals surface area contributed by atoms with E-state index in [0.717, 1.165) is 45.1 Å². The number of amides is 1. The van der Waals surface area contributed by atoms with Crippen LogP contribution in [-0.4, -0.2) is 46.7 Å². The Morgan fingerprint density at radius 1 is 1.30 bits per heavy atom. The number of aliphatic hydroxyl groups excluding tert-OH is 1. The summed E-state index contributed by atoms with van der Waals surface area (Å²) in [6.45, 7) is 7.69.